The highest BCUT2D eigenvalue weighted by Crippen LogP contribution is 2.12. The number of benzene rings is 2. The van der Waals surface area contributed by atoms with Gasteiger partial charge in [0.15, 0.2) is 0 Å². The number of esters is 1. The lowest BCUT2D eigenvalue weighted by Gasteiger charge is -2.13. The van der Waals surface area contributed by atoms with Gasteiger partial charge in [0.05, 0.1) is 18.3 Å². The van der Waals surface area contributed by atoms with E-state index < -0.39 is 12.1 Å². The van der Waals surface area contributed by atoms with Crippen LogP contribution in [0.15, 0.2) is 54.6 Å². The summed E-state index contributed by atoms with van der Waals surface area (Å²) in [6, 6.07) is 15.1. The van der Waals surface area contributed by atoms with Crippen LogP contribution in [-0.2, 0) is 4.74 Å². The van der Waals surface area contributed by atoms with Crippen LogP contribution in [-0.4, -0.2) is 30.3 Å². The number of rotatable bonds is 8. The average Bonchev–Trinajstić information content (AvgIpc) is 2.67. The molecule has 6 nitrogen and oxygen atoms in total. The number of aliphatic hydroxyl groups excluding tert-OH is 1. The Morgan fingerprint density at radius 2 is 1.77 bits per heavy atom. The normalized spacial score (nSPS) is 11.5. The molecule has 2 aromatic rings. The van der Waals surface area contributed by atoms with E-state index in [2.05, 4.69) is 10.6 Å². The van der Waals surface area contributed by atoms with Crippen molar-refractivity contribution in [2.75, 3.05) is 18.5 Å². The third kappa shape index (κ3) is 6.22. The smallest absolute Gasteiger partial charge is 0.338 e. The van der Waals surface area contributed by atoms with E-state index in [0.717, 1.165) is 18.4 Å². The first kappa shape index (κ1) is 19.5. The third-order valence-corrected chi connectivity index (χ3v) is 3.75. The second-order valence-corrected chi connectivity index (χ2v) is 5.83. The topological polar surface area (TPSA) is 87.7 Å². The molecule has 0 aliphatic heterocycles. The molecule has 2 aromatic carbocycles. The van der Waals surface area contributed by atoms with Crippen LogP contribution in [0.5, 0.6) is 0 Å². The van der Waals surface area contributed by atoms with Crippen molar-refractivity contribution in [3.8, 4) is 0 Å². The largest absolute Gasteiger partial charge is 0.462 e. The Morgan fingerprint density at radius 1 is 1.08 bits per heavy atom. The minimum absolute atomic E-state index is 0.0949. The van der Waals surface area contributed by atoms with Crippen LogP contribution in [0.3, 0.4) is 0 Å². The average molecular weight is 356 g/mol. The molecule has 0 saturated heterocycles. The molecule has 2 rings (SSSR count). The Balaban J connectivity index is 1.79. The Kier molecular flexibility index (Phi) is 7.64. The first-order chi connectivity index (χ1) is 12.6. The van der Waals surface area contributed by atoms with Gasteiger partial charge >= 0.3 is 12.0 Å². The van der Waals surface area contributed by atoms with E-state index in [-0.39, 0.29) is 12.5 Å². The molecule has 0 aromatic heterocycles. The maximum absolute atomic E-state index is 11.9. The summed E-state index contributed by atoms with van der Waals surface area (Å²) in [6.07, 6.45) is 1.02. The summed E-state index contributed by atoms with van der Waals surface area (Å²) < 4.78 is 5.13. The summed E-state index contributed by atoms with van der Waals surface area (Å²) in [7, 11) is 0. The summed E-state index contributed by atoms with van der Waals surface area (Å²) in [5, 5.41) is 15.3. The summed E-state index contributed by atoms with van der Waals surface area (Å²) >= 11 is 0. The number of carbonyl (C=O) groups excluding carboxylic acids is 2. The SMILES string of the molecule is CCCCOC(=O)c1ccc(NC(=O)NC[C@@H](O)c2ccccc2)cc1. The number of hydrogen-bond acceptors (Lipinski definition) is 4. The van der Waals surface area contributed by atoms with E-state index in [1.165, 1.54) is 0 Å². The van der Waals surface area contributed by atoms with Gasteiger partial charge in [0.1, 0.15) is 0 Å². The molecule has 0 spiro atoms. The number of aliphatic hydroxyl groups is 1. The molecule has 0 aliphatic carbocycles. The molecule has 3 N–H and O–H groups in total. The lowest BCUT2D eigenvalue weighted by atomic mass is 10.1. The summed E-state index contributed by atoms with van der Waals surface area (Å²) in [5.74, 6) is -0.375. The Labute approximate surface area is 153 Å². The van der Waals surface area contributed by atoms with Crippen LogP contribution in [0.2, 0.25) is 0 Å². The van der Waals surface area contributed by atoms with E-state index in [0.29, 0.717) is 17.9 Å². The van der Waals surface area contributed by atoms with Crippen molar-refractivity contribution >= 4 is 17.7 Å². The molecule has 0 fully saturated rings. The van der Waals surface area contributed by atoms with Crippen LogP contribution >= 0.6 is 0 Å². The van der Waals surface area contributed by atoms with E-state index >= 15 is 0 Å². The van der Waals surface area contributed by atoms with Crippen LogP contribution in [0.1, 0.15) is 41.8 Å². The van der Waals surface area contributed by atoms with Gasteiger partial charge in [-0.25, -0.2) is 9.59 Å². The molecule has 1 atom stereocenters. The maximum atomic E-state index is 11.9. The number of anilines is 1. The molecule has 0 unspecified atom stereocenters. The molecule has 0 bridgehead atoms. The highest BCUT2D eigenvalue weighted by molar-refractivity contribution is 5.92. The molecule has 0 aliphatic rings. The zero-order valence-electron chi connectivity index (χ0n) is 14.8. The van der Waals surface area contributed by atoms with E-state index in [1.807, 2.05) is 25.1 Å². The molecular weight excluding hydrogens is 332 g/mol. The highest BCUT2D eigenvalue weighted by Gasteiger charge is 2.10. The van der Waals surface area contributed by atoms with Gasteiger partial charge in [0, 0.05) is 12.2 Å². The predicted octanol–water partition coefficient (Wildman–Crippen LogP) is 3.50. The lowest BCUT2D eigenvalue weighted by molar-refractivity contribution is 0.0499. The van der Waals surface area contributed by atoms with Gasteiger partial charge in [0.2, 0.25) is 0 Å². The van der Waals surface area contributed by atoms with Crippen molar-refractivity contribution in [1.82, 2.24) is 5.32 Å². The molecule has 2 amide bonds. The molecule has 0 saturated carbocycles. The minimum Gasteiger partial charge on any atom is -0.462 e. The van der Waals surface area contributed by atoms with Crippen molar-refractivity contribution in [2.24, 2.45) is 0 Å². The van der Waals surface area contributed by atoms with Gasteiger partial charge in [-0.15, -0.1) is 0 Å². The monoisotopic (exact) mass is 356 g/mol. The van der Waals surface area contributed by atoms with Crippen molar-refractivity contribution < 1.29 is 19.4 Å². The predicted molar refractivity (Wildman–Crippen MR) is 100 cm³/mol. The van der Waals surface area contributed by atoms with Crippen molar-refractivity contribution in [3.63, 3.8) is 0 Å². The first-order valence-electron chi connectivity index (χ1n) is 8.65. The fourth-order valence-electron chi connectivity index (χ4n) is 2.24. The fourth-order valence-corrected chi connectivity index (χ4v) is 2.24. The number of hydrogen-bond donors (Lipinski definition) is 3. The minimum atomic E-state index is -0.776. The number of urea groups is 1. The summed E-state index contributed by atoms with van der Waals surface area (Å²) in [5.41, 5.74) is 1.71. The second kappa shape index (κ2) is 10.2. The summed E-state index contributed by atoms with van der Waals surface area (Å²) in [4.78, 5) is 23.7. The zero-order valence-corrected chi connectivity index (χ0v) is 14.8. The van der Waals surface area contributed by atoms with E-state index in [1.54, 1.807) is 36.4 Å². The van der Waals surface area contributed by atoms with Crippen molar-refractivity contribution in [3.05, 3.63) is 65.7 Å². The van der Waals surface area contributed by atoms with Crippen LogP contribution in [0.25, 0.3) is 0 Å². The fraction of sp³-hybridized carbons (Fsp3) is 0.300. The summed E-state index contributed by atoms with van der Waals surface area (Å²) in [6.45, 7) is 2.53. The highest BCUT2D eigenvalue weighted by atomic mass is 16.5. The molecule has 0 heterocycles. The van der Waals surface area contributed by atoms with Crippen molar-refractivity contribution in [2.45, 2.75) is 25.9 Å². The van der Waals surface area contributed by atoms with Gasteiger partial charge in [-0.2, -0.15) is 0 Å². The standard InChI is InChI=1S/C20H24N2O4/c1-2-3-13-26-19(24)16-9-11-17(12-10-16)22-20(25)21-14-18(23)15-7-5-4-6-8-15/h4-12,18,23H,2-3,13-14H2,1H3,(H2,21,22,25)/t18-/m1/s1. The number of ether oxygens (including phenoxy) is 1. The van der Waals surface area contributed by atoms with E-state index in [9.17, 15) is 14.7 Å². The van der Waals surface area contributed by atoms with Crippen LogP contribution in [0.4, 0.5) is 10.5 Å². The van der Waals surface area contributed by atoms with Crippen LogP contribution < -0.4 is 10.6 Å². The first-order valence-corrected chi connectivity index (χ1v) is 8.65. The second-order valence-electron chi connectivity index (χ2n) is 5.83. The van der Waals surface area contributed by atoms with Gasteiger partial charge < -0.3 is 20.5 Å². The van der Waals surface area contributed by atoms with Crippen molar-refractivity contribution in [1.29, 1.82) is 0 Å². The van der Waals surface area contributed by atoms with Gasteiger partial charge in [-0.05, 0) is 36.2 Å². The number of amides is 2. The zero-order chi connectivity index (χ0) is 18.8. The quantitative estimate of drug-likeness (QED) is 0.499. The molecule has 0 radical (unpaired) electrons. The molecular formula is C20H24N2O4. The molecule has 26 heavy (non-hydrogen) atoms. The molecule has 6 heteroatoms. The lowest BCUT2D eigenvalue weighted by Crippen LogP contribution is -2.32. The number of carbonyl (C=O) groups is 2. The van der Waals surface area contributed by atoms with E-state index in [4.69, 9.17) is 4.74 Å². The third-order valence-electron chi connectivity index (χ3n) is 3.75. The molecule has 138 valence electrons. The number of unbranched alkanes of at least 4 members (excludes halogenated alkanes) is 1. The Hall–Kier alpha value is -2.86. The van der Waals surface area contributed by atoms with Gasteiger partial charge in [-0.3, -0.25) is 0 Å². The Bertz CT molecular complexity index is 702. The number of nitrogens with one attached hydrogen (secondary N) is 2. The Morgan fingerprint density at radius 3 is 2.42 bits per heavy atom. The van der Waals surface area contributed by atoms with Crippen LogP contribution in [0, 0.1) is 0 Å². The van der Waals surface area contributed by atoms with Gasteiger partial charge in [0.25, 0.3) is 0 Å². The maximum Gasteiger partial charge on any atom is 0.338 e. The van der Waals surface area contributed by atoms with Gasteiger partial charge in [-0.1, -0.05) is 43.7 Å².